The average molecular weight is 454 g/mol. The van der Waals surface area contributed by atoms with E-state index in [1.165, 1.54) is 0 Å². The lowest BCUT2D eigenvalue weighted by molar-refractivity contribution is 0.0617. The van der Waals surface area contributed by atoms with Crippen molar-refractivity contribution in [3.63, 3.8) is 0 Å². The third-order valence-corrected chi connectivity index (χ3v) is 7.67. The molecule has 0 N–H and O–H groups in total. The van der Waals surface area contributed by atoms with Crippen LogP contribution >= 0.6 is 23.1 Å². The van der Waals surface area contributed by atoms with Crippen molar-refractivity contribution in [3.05, 3.63) is 64.8 Å². The van der Waals surface area contributed by atoms with Crippen LogP contribution in [0.4, 0.5) is 0 Å². The molecule has 0 bridgehead atoms. The van der Waals surface area contributed by atoms with Crippen LogP contribution < -0.4 is 0 Å². The molecule has 5 rings (SSSR count). The van der Waals surface area contributed by atoms with E-state index in [2.05, 4.69) is 10.2 Å². The first-order valence-electron chi connectivity index (χ1n) is 10.5. The summed E-state index contributed by atoms with van der Waals surface area (Å²) in [4.78, 5) is 15.8. The van der Waals surface area contributed by atoms with Crippen LogP contribution in [-0.4, -0.2) is 27.0 Å². The molecular weight excluding hydrogens is 430 g/mol. The number of nitrogens with zero attached hydrogens (tertiary/aromatic N) is 3. The Morgan fingerprint density at radius 2 is 2.03 bits per heavy atom. The van der Waals surface area contributed by atoms with Gasteiger partial charge in [0, 0.05) is 22.7 Å². The molecule has 1 aliphatic carbocycles. The number of aromatic nitrogens is 2. The van der Waals surface area contributed by atoms with Crippen LogP contribution in [0.3, 0.4) is 0 Å². The number of thioether (sulfide) groups is 1. The van der Waals surface area contributed by atoms with Crippen LogP contribution in [0, 0.1) is 6.92 Å². The second kappa shape index (κ2) is 8.88. The smallest absolute Gasteiger partial charge is 0.290 e. The zero-order chi connectivity index (χ0) is 21.2. The number of carbonyl (C=O) groups excluding carboxylic acids is 1. The molecule has 0 spiro atoms. The van der Waals surface area contributed by atoms with Crippen molar-refractivity contribution in [2.45, 2.75) is 55.3 Å². The second-order valence-electron chi connectivity index (χ2n) is 7.73. The molecule has 160 valence electrons. The van der Waals surface area contributed by atoms with Crippen LogP contribution in [0.2, 0.25) is 0 Å². The number of aryl methyl sites for hydroxylation is 1. The van der Waals surface area contributed by atoms with Gasteiger partial charge in [0.05, 0.1) is 12.8 Å². The molecule has 1 aromatic carbocycles. The Morgan fingerprint density at radius 1 is 1.19 bits per heavy atom. The van der Waals surface area contributed by atoms with E-state index in [4.69, 9.17) is 8.83 Å². The van der Waals surface area contributed by atoms with Gasteiger partial charge in [-0.25, -0.2) is 0 Å². The molecule has 0 atom stereocenters. The largest absolute Gasteiger partial charge is 0.467 e. The highest BCUT2D eigenvalue weighted by molar-refractivity contribution is 8.00. The number of hydrogen-bond donors (Lipinski definition) is 0. The summed E-state index contributed by atoms with van der Waals surface area (Å²) < 4.78 is 12.6. The highest BCUT2D eigenvalue weighted by Gasteiger charge is 2.32. The normalized spacial score (nSPS) is 14.5. The van der Waals surface area contributed by atoms with E-state index in [0.717, 1.165) is 57.3 Å². The van der Waals surface area contributed by atoms with Gasteiger partial charge in [0.1, 0.15) is 16.4 Å². The molecular formula is C23H23N3O3S2. The lowest BCUT2D eigenvalue weighted by Gasteiger charge is -2.27. The SMILES string of the molecule is Cc1nnc(SCc2c(C(=O)N(Cc3ccco3)C3CCCC3)oc3ccccc23)s1. The fraction of sp³-hybridized carbons (Fsp3) is 0.348. The lowest BCUT2D eigenvalue weighted by atomic mass is 10.1. The zero-order valence-corrected chi connectivity index (χ0v) is 18.9. The first-order chi connectivity index (χ1) is 15.2. The summed E-state index contributed by atoms with van der Waals surface area (Å²) in [6.07, 6.45) is 5.97. The maximum absolute atomic E-state index is 13.8. The maximum Gasteiger partial charge on any atom is 0.290 e. The van der Waals surface area contributed by atoms with E-state index < -0.39 is 0 Å². The predicted octanol–water partition coefficient (Wildman–Crippen LogP) is 6.06. The minimum absolute atomic E-state index is 0.0662. The first-order valence-corrected chi connectivity index (χ1v) is 12.3. The molecule has 0 radical (unpaired) electrons. The van der Waals surface area contributed by atoms with Gasteiger partial charge in [-0.2, -0.15) is 0 Å². The van der Waals surface area contributed by atoms with Gasteiger partial charge in [-0.05, 0) is 38.0 Å². The Hall–Kier alpha value is -2.58. The second-order valence-corrected chi connectivity index (χ2v) is 10.1. The van der Waals surface area contributed by atoms with Gasteiger partial charge in [-0.1, -0.05) is 54.1 Å². The van der Waals surface area contributed by atoms with Crippen molar-refractivity contribution in [3.8, 4) is 0 Å². The van der Waals surface area contributed by atoms with Crippen molar-refractivity contribution in [2.75, 3.05) is 0 Å². The molecule has 3 aromatic heterocycles. The minimum Gasteiger partial charge on any atom is -0.467 e. The molecule has 6 nitrogen and oxygen atoms in total. The quantitative estimate of drug-likeness (QED) is 0.317. The molecule has 1 saturated carbocycles. The Labute approximate surface area is 188 Å². The number of carbonyl (C=O) groups is 1. The van der Waals surface area contributed by atoms with Crippen molar-refractivity contribution < 1.29 is 13.6 Å². The molecule has 3 heterocycles. The molecule has 8 heteroatoms. The van der Waals surface area contributed by atoms with Crippen LogP contribution in [0.15, 0.2) is 55.8 Å². The van der Waals surface area contributed by atoms with Gasteiger partial charge in [0.25, 0.3) is 5.91 Å². The third-order valence-electron chi connectivity index (χ3n) is 5.67. The summed E-state index contributed by atoms with van der Waals surface area (Å²) in [5, 5.41) is 10.2. The molecule has 1 aliphatic rings. The Balaban J connectivity index is 1.49. The van der Waals surface area contributed by atoms with Crippen molar-refractivity contribution in [2.24, 2.45) is 0 Å². The van der Waals surface area contributed by atoms with Crippen LogP contribution in [0.25, 0.3) is 11.0 Å². The zero-order valence-electron chi connectivity index (χ0n) is 17.2. The predicted molar refractivity (Wildman–Crippen MR) is 121 cm³/mol. The molecule has 0 unspecified atom stereocenters. The summed E-state index contributed by atoms with van der Waals surface area (Å²) in [5.41, 5.74) is 1.65. The number of rotatable bonds is 7. The van der Waals surface area contributed by atoms with Crippen LogP contribution in [0.5, 0.6) is 0 Å². The van der Waals surface area contributed by atoms with Gasteiger partial charge in [-0.3, -0.25) is 4.79 Å². The van der Waals surface area contributed by atoms with Gasteiger partial charge >= 0.3 is 0 Å². The summed E-state index contributed by atoms with van der Waals surface area (Å²) in [6, 6.07) is 11.8. The summed E-state index contributed by atoms with van der Waals surface area (Å²) >= 11 is 3.15. The van der Waals surface area contributed by atoms with E-state index in [1.54, 1.807) is 29.4 Å². The van der Waals surface area contributed by atoms with E-state index in [-0.39, 0.29) is 11.9 Å². The van der Waals surface area contributed by atoms with E-state index in [0.29, 0.717) is 18.1 Å². The number of amides is 1. The fourth-order valence-corrected chi connectivity index (χ4v) is 6.01. The summed E-state index contributed by atoms with van der Waals surface area (Å²) in [5.74, 6) is 1.75. The maximum atomic E-state index is 13.8. The van der Waals surface area contributed by atoms with Gasteiger partial charge in [0.2, 0.25) is 0 Å². The summed E-state index contributed by atoms with van der Waals surface area (Å²) in [6.45, 7) is 2.40. The van der Waals surface area contributed by atoms with Crippen molar-refractivity contribution in [1.29, 1.82) is 0 Å². The Kier molecular flexibility index (Phi) is 5.82. The Bertz CT molecular complexity index is 1180. The van der Waals surface area contributed by atoms with Gasteiger partial charge in [0.15, 0.2) is 10.1 Å². The van der Waals surface area contributed by atoms with Crippen molar-refractivity contribution in [1.82, 2.24) is 15.1 Å². The highest BCUT2D eigenvalue weighted by atomic mass is 32.2. The van der Waals surface area contributed by atoms with Crippen LogP contribution in [0.1, 0.15) is 52.6 Å². The standard InChI is InChI=1S/C23H23N3O3S2/c1-15-24-25-23(31-15)30-14-19-18-10-4-5-11-20(18)29-21(19)22(27)26(16-7-2-3-8-16)13-17-9-6-12-28-17/h4-6,9-12,16H,2-3,7-8,13-14H2,1H3. The van der Waals surface area contributed by atoms with Gasteiger partial charge < -0.3 is 13.7 Å². The van der Waals surface area contributed by atoms with Crippen LogP contribution in [-0.2, 0) is 12.3 Å². The number of para-hydroxylation sites is 1. The van der Waals surface area contributed by atoms with E-state index in [9.17, 15) is 4.79 Å². The Morgan fingerprint density at radius 3 is 2.77 bits per heavy atom. The molecule has 0 aliphatic heterocycles. The number of hydrogen-bond acceptors (Lipinski definition) is 7. The van der Waals surface area contributed by atoms with E-state index in [1.807, 2.05) is 48.2 Å². The minimum atomic E-state index is -0.0662. The molecule has 1 fully saturated rings. The summed E-state index contributed by atoms with van der Waals surface area (Å²) in [7, 11) is 0. The third kappa shape index (κ3) is 4.27. The average Bonchev–Trinajstić information content (AvgIpc) is 3.57. The number of benzene rings is 1. The number of furan rings is 2. The number of fused-ring (bicyclic) bond motifs is 1. The molecule has 4 aromatic rings. The van der Waals surface area contributed by atoms with Gasteiger partial charge in [-0.15, -0.1) is 10.2 Å². The lowest BCUT2D eigenvalue weighted by Crippen LogP contribution is -2.38. The highest BCUT2D eigenvalue weighted by Crippen LogP contribution is 2.35. The first kappa shape index (κ1) is 20.3. The fourth-order valence-electron chi connectivity index (χ4n) is 4.17. The topological polar surface area (TPSA) is 72.4 Å². The van der Waals surface area contributed by atoms with Crippen molar-refractivity contribution >= 4 is 40.0 Å². The molecule has 0 saturated heterocycles. The molecule has 31 heavy (non-hydrogen) atoms. The molecule has 1 amide bonds. The monoisotopic (exact) mass is 453 g/mol. The van der Waals surface area contributed by atoms with E-state index >= 15 is 0 Å².